The number of halogens is 1. The number of hydrogen-bond acceptors (Lipinski definition) is 3. The van der Waals surface area contributed by atoms with E-state index in [1.165, 1.54) is 12.1 Å². The van der Waals surface area contributed by atoms with Crippen molar-refractivity contribution < 1.29 is 24.6 Å². The summed E-state index contributed by atoms with van der Waals surface area (Å²) in [6, 6.07) is 11.1. The lowest BCUT2D eigenvalue weighted by molar-refractivity contribution is 0.0681. The molecule has 0 fully saturated rings. The van der Waals surface area contributed by atoms with Crippen molar-refractivity contribution in [3.05, 3.63) is 69.9 Å². The fourth-order valence-electron chi connectivity index (χ4n) is 3.09. The Morgan fingerprint density at radius 3 is 2.39 bits per heavy atom. The summed E-state index contributed by atoms with van der Waals surface area (Å²) in [6.07, 6.45) is 0.879. The molecule has 7 nitrogen and oxygen atoms in total. The van der Waals surface area contributed by atoms with Gasteiger partial charge in [-0.1, -0.05) is 23.7 Å². The average molecular weight is 401 g/mol. The van der Waals surface area contributed by atoms with Gasteiger partial charge in [0.1, 0.15) is 5.69 Å². The van der Waals surface area contributed by atoms with Crippen molar-refractivity contribution in [3.8, 4) is 0 Å². The molecule has 0 atom stereocenters. The minimum Gasteiger partial charge on any atom is -0.478 e. The van der Waals surface area contributed by atoms with Crippen molar-refractivity contribution in [2.24, 2.45) is 0 Å². The summed E-state index contributed by atoms with van der Waals surface area (Å²) in [4.78, 5) is 37.9. The van der Waals surface area contributed by atoms with Crippen molar-refractivity contribution in [1.82, 2.24) is 10.3 Å². The van der Waals surface area contributed by atoms with Crippen molar-refractivity contribution in [3.63, 3.8) is 0 Å². The molecule has 0 aliphatic rings. The van der Waals surface area contributed by atoms with Crippen LogP contribution in [-0.2, 0) is 6.42 Å². The predicted molar refractivity (Wildman–Crippen MR) is 104 cm³/mol. The molecule has 3 rings (SSSR count). The first-order chi connectivity index (χ1) is 13.4. The van der Waals surface area contributed by atoms with E-state index in [1.807, 2.05) is 0 Å². The number of H-pyrrole nitrogens is 1. The molecule has 8 heteroatoms. The molecule has 0 aliphatic heterocycles. The van der Waals surface area contributed by atoms with E-state index in [0.717, 1.165) is 5.39 Å². The largest absolute Gasteiger partial charge is 0.478 e. The maximum Gasteiger partial charge on any atom is 0.352 e. The standard InChI is InChI=1S/C20H17ClN2O5/c21-11-7-8-16-15(10-11)12(17(23-16)20(27)28)6-3-9-22-18(24)13-4-1-2-5-14(13)19(25)26/h1-2,4-5,7-8,10,23H,3,6,9H2,(H,22,24)(H,25,26)(H,27,28). The number of rotatable bonds is 7. The number of fused-ring (bicyclic) bond motifs is 1. The Morgan fingerprint density at radius 2 is 1.71 bits per heavy atom. The number of nitrogens with one attached hydrogen (secondary N) is 2. The van der Waals surface area contributed by atoms with Crippen LogP contribution in [-0.4, -0.2) is 39.6 Å². The molecule has 0 saturated heterocycles. The van der Waals surface area contributed by atoms with Crippen LogP contribution in [0, 0.1) is 0 Å². The fraction of sp³-hybridized carbons (Fsp3) is 0.150. The van der Waals surface area contributed by atoms with E-state index in [4.69, 9.17) is 16.7 Å². The first kappa shape index (κ1) is 19.4. The Morgan fingerprint density at radius 1 is 1.00 bits per heavy atom. The van der Waals surface area contributed by atoms with Crippen LogP contribution in [0.4, 0.5) is 0 Å². The number of carboxylic acid groups (broad SMARTS) is 2. The number of carboxylic acids is 2. The van der Waals surface area contributed by atoms with Gasteiger partial charge in [0.25, 0.3) is 5.91 Å². The topological polar surface area (TPSA) is 119 Å². The number of hydrogen-bond donors (Lipinski definition) is 4. The smallest absolute Gasteiger partial charge is 0.352 e. The van der Waals surface area contributed by atoms with Crippen LogP contribution in [0.15, 0.2) is 42.5 Å². The third-order valence-corrected chi connectivity index (χ3v) is 4.61. The highest BCUT2D eigenvalue weighted by molar-refractivity contribution is 6.31. The molecule has 144 valence electrons. The number of aromatic carboxylic acids is 2. The summed E-state index contributed by atoms with van der Waals surface area (Å²) in [7, 11) is 0. The Kier molecular flexibility index (Phi) is 5.65. The van der Waals surface area contributed by atoms with E-state index >= 15 is 0 Å². The van der Waals surface area contributed by atoms with Crippen LogP contribution in [0.25, 0.3) is 10.9 Å². The van der Waals surface area contributed by atoms with Crippen molar-refractivity contribution in [2.75, 3.05) is 6.54 Å². The van der Waals surface area contributed by atoms with Gasteiger partial charge in [-0.05, 0) is 48.7 Å². The molecule has 0 spiro atoms. The van der Waals surface area contributed by atoms with Crippen LogP contribution < -0.4 is 5.32 Å². The molecule has 4 N–H and O–H groups in total. The summed E-state index contributed by atoms with van der Waals surface area (Å²) < 4.78 is 0. The maximum atomic E-state index is 12.3. The van der Waals surface area contributed by atoms with Crippen molar-refractivity contribution >= 4 is 40.3 Å². The second-order valence-corrected chi connectivity index (χ2v) is 6.62. The quantitative estimate of drug-likeness (QED) is 0.452. The average Bonchev–Trinajstić information content (AvgIpc) is 3.03. The minimum absolute atomic E-state index is 0.0700. The highest BCUT2D eigenvalue weighted by Gasteiger charge is 2.18. The lowest BCUT2D eigenvalue weighted by Crippen LogP contribution is -2.26. The van der Waals surface area contributed by atoms with Gasteiger partial charge in [-0.2, -0.15) is 0 Å². The van der Waals surface area contributed by atoms with E-state index in [1.54, 1.807) is 30.3 Å². The summed E-state index contributed by atoms with van der Waals surface area (Å²) in [5.41, 5.74) is 1.40. The Balaban J connectivity index is 1.70. The highest BCUT2D eigenvalue weighted by atomic mass is 35.5. The van der Waals surface area contributed by atoms with Gasteiger partial charge in [0.15, 0.2) is 0 Å². The SMILES string of the molecule is O=C(O)c1ccccc1C(=O)NCCCc1c(C(=O)O)[nH]c2ccc(Cl)cc12. The Bertz CT molecular complexity index is 1070. The fourth-order valence-corrected chi connectivity index (χ4v) is 3.26. The number of aryl methyl sites for hydroxylation is 1. The van der Waals surface area contributed by atoms with Gasteiger partial charge in [0, 0.05) is 22.5 Å². The summed E-state index contributed by atoms with van der Waals surface area (Å²) >= 11 is 6.02. The molecule has 0 saturated carbocycles. The Hall–Kier alpha value is -3.32. The molecule has 0 bridgehead atoms. The zero-order valence-corrected chi connectivity index (χ0v) is 15.4. The maximum absolute atomic E-state index is 12.3. The second-order valence-electron chi connectivity index (χ2n) is 6.18. The molecule has 1 amide bonds. The van der Waals surface area contributed by atoms with Gasteiger partial charge < -0.3 is 20.5 Å². The van der Waals surface area contributed by atoms with Crippen LogP contribution in [0.3, 0.4) is 0 Å². The van der Waals surface area contributed by atoms with E-state index in [2.05, 4.69) is 10.3 Å². The molecule has 1 heterocycles. The van der Waals surface area contributed by atoms with Crippen LogP contribution in [0.2, 0.25) is 5.02 Å². The predicted octanol–water partition coefficient (Wildman–Crippen LogP) is 3.58. The number of amides is 1. The summed E-state index contributed by atoms with van der Waals surface area (Å²) in [6.45, 7) is 0.263. The van der Waals surface area contributed by atoms with Gasteiger partial charge in [-0.3, -0.25) is 4.79 Å². The van der Waals surface area contributed by atoms with Gasteiger partial charge in [0.05, 0.1) is 11.1 Å². The molecule has 0 aliphatic carbocycles. The van der Waals surface area contributed by atoms with Gasteiger partial charge in [0.2, 0.25) is 0 Å². The zero-order valence-electron chi connectivity index (χ0n) is 14.7. The molecular weight excluding hydrogens is 384 g/mol. The first-order valence-electron chi connectivity index (χ1n) is 8.52. The highest BCUT2D eigenvalue weighted by Crippen LogP contribution is 2.26. The van der Waals surface area contributed by atoms with Crippen LogP contribution in [0.5, 0.6) is 0 Å². The van der Waals surface area contributed by atoms with Crippen LogP contribution >= 0.6 is 11.6 Å². The number of carbonyl (C=O) groups excluding carboxylic acids is 1. The third-order valence-electron chi connectivity index (χ3n) is 4.37. The zero-order chi connectivity index (χ0) is 20.3. The van der Waals surface area contributed by atoms with Crippen LogP contribution in [0.1, 0.15) is 43.2 Å². The summed E-state index contributed by atoms with van der Waals surface area (Å²) in [5.74, 6) is -2.73. The number of aromatic nitrogens is 1. The molecule has 2 aromatic carbocycles. The van der Waals surface area contributed by atoms with Gasteiger partial charge in [-0.15, -0.1) is 0 Å². The van der Waals surface area contributed by atoms with Gasteiger partial charge in [-0.25, -0.2) is 9.59 Å². The van der Waals surface area contributed by atoms with E-state index < -0.39 is 17.8 Å². The molecular formula is C20H17ClN2O5. The lowest BCUT2D eigenvalue weighted by atomic mass is 10.0. The molecule has 28 heavy (non-hydrogen) atoms. The lowest BCUT2D eigenvalue weighted by Gasteiger charge is -2.08. The third kappa shape index (κ3) is 3.99. The molecule has 3 aromatic rings. The molecule has 1 aromatic heterocycles. The Labute approximate surface area is 164 Å². The monoisotopic (exact) mass is 400 g/mol. The van der Waals surface area contributed by atoms with Crippen molar-refractivity contribution in [1.29, 1.82) is 0 Å². The van der Waals surface area contributed by atoms with Crippen molar-refractivity contribution in [2.45, 2.75) is 12.8 Å². The van der Waals surface area contributed by atoms with Gasteiger partial charge >= 0.3 is 11.9 Å². The number of benzene rings is 2. The van der Waals surface area contributed by atoms with E-state index in [-0.39, 0.29) is 23.4 Å². The van der Waals surface area contributed by atoms with E-state index in [9.17, 15) is 19.5 Å². The normalized spacial score (nSPS) is 10.8. The molecule has 0 unspecified atom stereocenters. The number of carbonyl (C=O) groups is 3. The second kappa shape index (κ2) is 8.14. The molecule has 0 radical (unpaired) electrons. The summed E-state index contributed by atoms with van der Waals surface area (Å²) in [5, 5.41) is 22.5. The minimum atomic E-state index is -1.17. The first-order valence-corrected chi connectivity index (χ1v) is 8.90. The van der Waals surface area contributed by atoms with E-state index in [0.29, 0.717) is 28.9 Å². The number of aromatic amines is 1.